The number of aryl methyl sites for hydroxylation is 1. The molecule has 8 nitrogen and oxygen atoms in total. The summed E-state index contributed by atoms with van der Waals surface area (Å²) < 4.78 is 22.1. The Labute approximate surface area is 167 Å². The summed E-state index contributed by atoms with van der Waals surface area (Å²) in [7, 11) is 3.15. The maximum atomic E-state index is 12.8. The molecule has 3 aromatic rings. The molecule has 0 spiro atoms. The van der Waals surface area contributed by atoms with E-state index in [1.807, 2.05) is 31.2 Å². The largest absolute Gasteiger partial charge is 0.493 e. The summed E-state index contributed by atoms with van der Waals surface area (Å²) in [6.07, 6.45) is -0.778. The average molecular weight is 395 g/mol. The maximum absolute atomic E-state index is 12.8. The number of para-hydroxylation sites is 2. The van der Waals surface area contributed by atoms with Gasteiger partial charge in [0.05, 0.1) is 14.2 Å². The molecule has 0 bridgehead atoms. The van der Waals surface area contributed by atoms with E-state index in [9.17, 15) is 4.79 Å². The van der Waals surface area contributed by atoms with Crippen LogP contribution in [0.2, 0.25) is 0 Å². The van der Waals surface area contributed by atoms with Crippen LogP contribution in [0.3, 0.4) is 0 Å². The van der Waals surface area contributed by atoms with Gasteiger partial charge in [0.2, 0.25) is 6.10 Å². The number of carbonyl (C=O) groups is 1. The Hall–Kier alpha value is -3.68. The number of rotatable bonds is 5. The zero-order chi connectivity index (χ0) is 20.4. The third-order valence-corrected chi connectivity index (χ3v) is 4.66. The molecule has 150 valence electrons. The first kappa shape index (κ1) is 18.7. The molecule has 0 unspecified atom stereocenters. The molecule has 0 radical (unpaired) electrons. The molecule has 29 heavy (non-hydrogen) atoms. The van der Waals surface area contributed by atoms with Crippen LogP contribution in [0, 0.1) is 6.92 Å². The number of fused-ring (bicyclic) bond motifs is 1. The van der Waals surface area contributed by atoms with Crippen molar-refractivity contribution in [3.8, 4) is 34.1 Å². The molecule has 0 saturated carbocycles. The van der Waals surface area contributed by atoms with Gasteiger partial charge in [-0.2, -0.15) is 5.10 Å². The van der Waals surface area contributed by atoms with E-state index in [-0.39, 0.29) is 12.5 Å². The number of anilines is 1. The molecule has 0 fully saturated rings. The number of hydrogen-bond acceptors (Lipinski definition) is 6. The molecule has 1 atom stereocenters. The van der Waals surface area contributed by atoms with Crippen LogP contribution in [0.15, 0.2) is 42.5 Å². The quantitative estimate of drug-likeness (QED) is 0.689. The standard InChI is InChI=1S/C21H21N3O5/c1-12-19(13-8-9-14(26-2)17(10-13)27-3)20(24-23-12)22-21(25)18-11-28-15-6-4-5-7-16(15)29-18/h4-10,18H,11H2,1-3H3,(H2,22,23,24,25)/t18-/m0/s1. The predicted octanol–water partition coefficient (Wildman–Crippen LogP) is 3.18. The highest BCUT2D eigenvalue weighted by atomic mass is 16.6. The van der Waals surface area contributed by atoms with Crippen molar-refractivity contribution >= 4 is 11.7 Å². The fraction of sp³-hybridized carbons (Fsp3) is 0.238. The second-order valence-electron chi connectivity index (χ2n) is 6.50. The summed E-state index contributed by atoms with van der Waals surface area (Å²) in [6, 6.07) is 12.8. The molecule has 4 rings (SSSR count). The molecule has 1 aliphatic heterocycles. The van der Waals surface area contributed by atoms with Gasteiger partial charge in [-0.1, -0.05) is 18.2 Å². The van der Waals surface area contributed by atoms with E-state index in [0.717, 1.165) is 16.8 Å². The number of nitrogens with one attached hydrogen (secondary N) is 2. The molecule has 2 N–H and O–H groups in total. The molecular formula is C21H21N3O5. The number of methoxy groups -OCH3 is 2. The molecule has 2 heterocycles. The fourth-order valence-electron chi connectivity index (χ4n) is 3.21. The van der Waals surface area contributed by atoms with E-state index in [1.54, 1.807) is 32.4 Å². The topological polar surface area (TPSA) is 94.7 Å². The predicted molar refractivity (Wildman–Crippen MR) is 107 cm³/mol. The lowest BCUT2D eigenvalue weighted by atomic mass is 10.0. The van der Waals surface area contributed by atoms with Crippen molar-refractivity contribution < 1.29 is 23.7 Å². The lowest BCUT2D eigenvalue weighted by molar-refractivity contribution is -0.125. The highest BCUT2D eigenvalue weighted by molar-refractivity contribution is 5.97. The molecule has 2 aromatic carbocycles. The third kappa shape index (κ3) is 3.56. The number of H-pyrrole nitrogens is 1. The minimum absolute atomic E-state index is 0.123. The van der Waals surface area contributed by atoms with Gasteiger partial charge in [-0.25, -0.2) is 0 Å². The first-order valence-electron chi connectivity index (χ1n) is 9.07. The number of ether oxygens (including phenoxy) is 4. The van der Waals surface area contributed by atoms with E-state index < -0.39 is 6.10 Å². The van der Waals surface area contributed by atoms with Crippen molar-refractivity contribution in [2.45, 2.75) is 13.0 Å². The Kier molecular flexibility index (Phi) is 4.99. The van der Waals surface area contributed by atoms with E-state index in [2.05, 4.69) is 15.5 Å². The van der Waals surface area contributed by atoms with Crippen LogP contribution >= 0.6 is 0 Å². The summed E-state index contributed by atoms with van der Waals surface area (Å²) >= 11 is 0. The molecule has 0 aliphatic carbocycles. The molecule has 8 heteroatoms. The van der Waals surface area contributed by atoms with Gasteiger partial charge >= 0.3 is 0 Å². The number of nitrogens with zero attached hydrogens (tertiary/aromatic N) is 1. The van der Waals surface area contributed by atoms with Gasteiger partial charge in [0.15, 0.2) is 28.8 Å². The van der Waals surface area contributed by atoms with Crippen molar-refractivity contribution in [2.24, 2.45) is 0 Å². The summed E-state index contributed by atoms with van der Waals surface area (Å²) in [5.41, 5.74) is 2.39. The Bertz CT molecular complexity index is 1050. The Morgan fingerprint density at radius 3 is 2.66 bits per heavy atom. The number of amides is 1. The van der Waals surface area contributed by atoms with E-state index in [1.165, 1.54) is 0 Å². The number of aromatic amines is 1. The lowest BCUT2D eigenvalue weighted by Crippen LogP contribution is -2.40. The van der Waals surface area contributed by atoms with E-state index >= 15 is 0 Å². The summed E-state index contributed by atoms with van der Waals surface area (Å²) in [4.78, 5) is 12.8. The number of hydrogen-bond donors (Lipinski definition) is 2. The van der Waals surface area contributed by atoms with Gasteiger partial charge in [0.1, 0.15) is 6.61 Å². The molecule has 1 amide bonds. The number of aromatic nitrogens is 2. The summed E-state index contributed by atoms with van der Waals surface area (Å²) in [5, 5.41) is 10.00. The molecule has 1 aromatic heterocycles. The Balaban J connectivity index is 1.58. The Morgan fingerprint density at radius 1 is 1.14 bits per heavy atom. The highest BCUT2D eigenvalue weighted by Crippen LogP contribution is 2.36. The highest BCUT2D eigenvalue weighted by Gasteiger charge is 2.29. The van der Waals surface area contributed by atoms with Crippen LogP contribution in [0.5, 0.6) is 23.0 Å². The second-order valence-corrected chi connectivity index (χ2v) is 6.50. The van der Waals surface area contributed by atoms with Crippen molar-refractivity contribution in [3.63, 3.8) is 0 Å². The van der Waals surface area contributed by atoms with Gasteiger partial charge in [-0.05, 0) is 36.8 Å². The summed E-state index contributed by atoms with van der Waals surface area (Å²) in [5.74, 6) is 2.43. The molecular weight excluding hydrogens is 374 g/mol. The van der Waals surface area contributed by atoms with Crippen LogP contribution in [0.1, 0.15) is 5.69 Å². The maximum Gasteiger partial charge on any atom is 0.270 e. The van der Waals surface area contributed by atoms with Crippen LogP contribution in [-0.4, -0.2) is 43.0 Å². The number of benzene rings is 2. The van der Waals surface area contributed by atoms with Crippen molar-refractivity contribution in [1.29, 1.82) is 0 Å². The van der Waals surface area contributed by atoms with E-state index in [4.69, 9.17) is 18.9 Å². The van der Waals surface area contributed by atoms with Crippen LogP contribution < -0.4 is 24.3 Å². The fourth-order valence-corrected chi connectivity index (χ4v) is 3.21. The van der Waals surface area contributed by atoms with Gasteiger partial charge in [-0.15, -0.1) is 0 Å². The molecule has 1 aliphatic rings. The first-order valence-corrected chi connectivity index (χ1v) is 9.07. The average Bonchev–Trinajstić information content (AvgIpc) is 3.12. The minimum atomic E-state index is -0.778. The zero-order valence-electron chi connectivity index (χ0n) is 16.3. The zero-order valence-corrected chi connectivity index (χ0v) is 16.3. The smallest absolute Gasteiger partial charge is 0.270 e. The number of carbonyl (C=O) groups excluding carboxylic acids is 1. The van der Waals surface area contributed by atoms with Crippen molar-refractivity contribution in [1.82, 2.24) is 10.2 Å². The van der Waals surface area contributed by atoms with Crippen molar-refractivity contribution in [3.05, 3.63) is 48.2 Å². The molecule has 0 saturated heterocycles. The van der Waals surface area contributed by atoms with Gasteiger partial charge in [0.25, 0.3) is 5.91 Å². The van der Waals surface area contributed by atoms with Gasteiger partial charge in [-0.3, -0.25) is 9.89 Å². The minimum Gasteiger partial charge on any atom is -0.493 e. The Morgan fingerprint density at radius 2 is 1.90 bits per heavy atom. The lowest BCUT2D eigenvalue weighted by Gasteiger charge is -2.25. The van der Waals surface area contributed by atoms with Crippen LogP contribution in [0.25, 0.3) is 11.1 Å². The normalized spacial score (nSPS) is 14.9. The van der Waals surface area contributed by atoms with E-state index in [0.29, 0.717) is 28.8 Å². The van der Waals surface area contributed by atoms with Crippen LogP contribution in [-0.2, 0) is 4.79 Å². The van der Waals surface area contributed by atoms with Gasteiger partial charge in [0, 0.05) is 11.3 Å². The SMILES string of the molecule is COc1ccc(-c2c(NC(=O)[C@@H]3COc4ccccc4O3)n[nH]c2C)cc1OC. The third-order valence-electron chi connectivity index (χ3n) is 4.66. The van der Waals surface area contributed by atoms with Crippen molar-refractivity contribution in [2.75, 3.05) is 26.1 Å². The monoisotopic (exact) mass is 395 g/mol. The second kappa shape index (κ2) is 7.75. The van der Waals surface area contributed by atoms with Crippen LogP contribution in [0.4, 0.5) is 5.82 Å². The first-order chi connectivity index (χ1) is 14.1. The summed E-state index contributed by atoms with van der Waals surface area (Å²) in [6.45, 7) is 2.00. The van der Waals surface area contributed by atoms with Gasteiger partial charge < -0.3 is 24.3 Å².